The Bertz CT molecular complexity index is 764. The zero-order valence-electron chi connectivity index (χ0n) is 12.4. The maximum atomic E-state index is 11.0. The van der Waals surface area contributed by atoms with Gasteiger partial charge in [-0.05, 0) is 44.2 Å². The second-order valence-corrected chi connectivity index (χ2v) is 5.87. The average Bonchev–Trinajstić information content (AvgIpc) is 2.64. The summed E-state index contributed by atoms with van der Waals surface area (Å²) < 4.78 is 5.87. The lowest BCUT2D eigenvalue weighted by molar-refractivity contribution is -0.132. The van der Waals surface area contributed by atoms with E-state index in [2.05, 4.69) is 4.90 Å². The molecule has 1 aliphatic heterocycles. The summed E-state index contributed by atoms with van der Waals surface area (Å²) in [5.74, 6) is -0.329. The molecule has 118 valence electrons. The maximum absolute atomic E-state index is 11.0. The Kier molecular flexibility index (Phi) is 4.85. The zero-order chi connectivity index (χ0) is 15.1. The topological polar surface area (TPSA) is 53.7 Å². The summed E-state index contributed by atoms with van der Waals surface area (Å²) >= 11 is 6.33. The minimum atomic E-state index is -0.942. The molecule has 22 heavy (non-hydrogen) atoms. The van der Waals surface area contributed by atoms with Gasteiger partial charge >= 0.3 is 5.97 Å². The first kappa shape index (κ1) is 16.9. The summed E-state index contributed by atoms with van der Waals surface area (Å²) in [6.45, 7) is 3.20. The predicted molar refractivity (Wildman–Crippen MR) is 89.8 cm³/mol. The van der Waals surface area contributed by atoms with E-state index in [-0.39, 0.29) is 18.0 Å². The average molecular weight is 342 g/mol. The van der Waals surface area contributed by atoms with Crippen LogP contribution < -0.4 is 0 Å². The van der Waals surface area contributed by atoms with E-state index >= 15 is 0 Å². The van der Waals surface area contributed by atoms with Gasteiger partial charge in [0.15, 0.2) is 0 Å². The van der Waals surface area contributed by atoms with Crippen LogP contribution in [0.15, 0.2) is 22.1 Å². The molecule has 1 aromatic carbocycles. The minimum Gasteiger partial charge on any atom is -0.478 e. The third-order valence-corrected chi connectivity index (χ3v) is 4.25. The number of aliphatic carboxylic acids is 1. The highest BCUT2D eigenvalue weighted by Crippen LogP contribution is 2.36. The number of hydrogen-bond acceptors (Lipinski definition) is 3. The van der Waals surface area contributed by atoms with Crippen molar-refractivity contribution in [2.75, 3.05) is 13.6 Å². The van der Waals surface area contributed by atoms with Crippen LogP contribution in [-0.2, 0) is 17.8 Å². The highest BCUT2D eigenvalue weighted by molar-refractivity contribution is 6.32. The first-order chi connectivity index (χ1) is 9.97. The van der Waals surface area contributed by atoms with Gasteiger partial charge in [0, 0.05) is 34.6 Å². The molecule has 0 amide bonds. The van der Waals surface area contributed by atoms with E-state index in [1.54, 1.807) is 13.0 Å². The van der Waals surface area contributed by atoms with Crippen molar-refractivity contribution < 1.29 is 14.3 Å². The monoisotopic (exact) mass is 341 g/mol. The van der Waals surface area contributed by atoms with Gasteiger partial charge in [0.25, 0.3) is 0 Å². The summed E-state index contributed by atoms with van der Waals surface area (Å²) in [5, 5.41) is 10.8. The lowest BCUT2D eigenvalue weighted by atomic mass is 10.0. The lowest BCUT2D eigenvalue weighted by Crippen LogP contribution is -2.18. The second-order valence-electron chi connectivity index (χ2n) is 5.46. The van der Waals surface area contributed by atoms with Crippen molar-refractivity contribution >= 4 is 47.0 Å². The van der Waals surface area contributed by atoms with E-state index in [9.17, 15) is 4.79 Å². The molecular weight excluding hydrogens is 325 g/mol. The Labute approximate surface area is 139 Å². The number of furan rings is 1. The Morgan fingerprint density at radius 1 is 1.41 bits per heavy atom. The SMILES string of the molecule is CC(=Cc1oc2ccc(Cl)c3c2c1CN(C)CC3)C(=O)O.Cl. The molecule has 2 heterocycles. The highest BCUT2D eigenvalue weighted by atomic mass is 35.5. The number of benzene rings is 1. The number of carboxylic acid groups (broad SMARTS) is 1. The number of halogens is 2. The minimum absolute atomic E-state index is 0. The van der Waals surface area contributed by atoms with Gasteiger partial charge in [-0.3, -0.25) is 0 Å². The van der Waals surface area contributed by atoms with Crippen LogP contribution >= 0.6 is 24.0 Å². The maximum Gasteiger partial charge on any atom is 0.331 e. The smallest absolute Gasteiger partial charge is 0.331 e. The Balaban J connectivity index is 0.00000176. The molecule has 4 nitrogen and oxygen atoms in total. The molecule has 0 aliphatic carbocycles. The van der Waals surface area contributed by atoms with Crippen molar-refractivity contribution in [3.63, 3.8) is 0 Å². The van der Waals surface area contributed by atoms with E-state index in [1.165, 1.54) is 0 Å². The number of rotatable bonds is 2. The van der Waals surface area contributed by atoms with Gasteiger partial charge in [-0.15, -0.1) is 12.4 Å². The zero-order valence-corrected chi connectivity index (χ0v) is 13.9. The van der Waals surface area contributed by atoms with Gasteiger partial charge in [-0.1, -0.05) is 11.6 Å². The molecule has 2 aromatic rings. The molecule has 0 fully saturated rings. The summed E-state index contributed by atoms with van der Waals surface area (Å²) in [7, 11) is 2.04. The Morgan fingerprint density at radius 2 is 2.14 bits per heavy atom. The van der Waals surface area contributed by atoms with Crippen LogP contribution in [-0.4, -0.2) is 29.6 Å². The van der Waals surface area contributed by atoms with Gasteiger partial charge in [0.2, 0.25) is 0 Å². The number of nitrogens with zero attached hydrogens (tertiary/aromatic N) is 1. The second kappa shape index (κ2) is 6.32. The van der Waals surface area contributed by atoms with Crippen LogP contribution in [0.25, 0.3) is 17.0 Å². The van der Waals surface area contributed by atoms with E-state index in [4.69, 9.17) is 21.1 Å². The molecule has 0 atom stereocenters. The van der Waals surface area contributed by atoms with Crippen LogP contribution in [0.2, 0.25) is 5.02 Å². The van der Waals surface area contributed by atoms with Crippen molar-refractivity contribution in [2.45, 2.75) is 19.9 Å². The van der Waals surface area contributed by atoms with Crippen LogP contribution in [0.3, 0.4) is 0 Å². The molecule has 0 saturated carbocycles. The molecule has 3 rings (SSSR count). The van der Waals surface area contributed by atoms with Crippen molar-refractivity contribution in [1.82, 2.24) is 4.90 Å². The van der Waals surface area contributed by atoms with Crippen molar-refractivity contribution in [1.29, 1.82) is 0 Å². The summed E-state index contributed by atoms with van der Waals surface area (Å²) in [5.41, 5.74) is 3.13. The van der Waals surface area contributed by atoms with Gasteiger partial charge < -0.3 is 14.4 Å². The van der Waals surface area contributed by atoms with Crippen LogP contribution in [0.5, 0.6) is 0 Å². The molecule has 0 saturated heterocycles. The summed E-state index contributed by atoms with van der Waals surface area (Å²) in [6, 6.07) is 3.69. The molecule has 0 spiro atoms. The van der Waals surface area contributed by atoms with Crippen LogP contribution in [0.4, 0.5) is 0 Å². The molecule has 0 radical (unpaired) electrons. The normalized spacial score (nSPS) is 15.5. The molecule has 6 heteroatoms. The number of likely N-dealkylation sites (N-methyl/N-ethyl adjacent to an activating group) is 1. The van der Waals surface area contributed by atoms with Gasteiger partial charge in [-0.25, -0.2) is 4.79 Å². The van der Waals surface area contributed by atoms with E-state index in [0.717, 1.165) is 46.6 Å². The molecule has 1 aliphatic rings. The lowest BCUT2D eigenvalue weighted by Gasteiger charge is -2.13. The Hall–Kier alpha value is -1.49. The first-order valence-electron chi connectivity index (χ1n) is 6.80. The van der Waals surface area contributed by atoms with E-state index < -0.39 is 5.97 Å². The van der Waals surface area contributed by atoms with E-state index in [1.807, 2.05) is 19.2 Å². The van der Waals surface area contributed by atoms with Crippen LogP contribution in [0.1, 0.15) is 23.8 Å². The molecule has 0 bridgehead atoms. The molecule has 0 unspecified atom stereocenters. The third-order valence-electron chi connectivity index (χ3n) is 3.89. The molecule has 1 aromatic heterocycles. The molecule has 1 N–H and O–H groups in total. The fourth-order valence-electron chi connectivity index (χ4n) is 2.75. The Morgan fingerprint density at radius 3 is 2.82 bits per heavy atom. The van der Waals surface area contributed by atoms with Gasteiger partial charge in [0.05, 0.1) is 0 Å². The van der Waals surface area contributed by atoms with Crippen LogP contribution in [0, 0.1) is 0 Å². The quantitative estimate of drug-likeness (QED) is 0.839. The van der Waals surface area contributed by atoms with E-state index in [0.29, 0.717) is 5.76 Å². The highest BCUT2D eigenvalue weighted by Gasteiger charge is 2.22. The third kappa shape index (κ3) is 2.86. The van der Waals surface area contributed by atoms with Crippen molar-refractivity contribution in [3.05, 3.63) is 39.6 Å². The predicted octanol–water partition coefficient (Wildman–Crippen LogP) is 3.98. The fraction of sp³-hybridized carbons (Fsp3) is 0.312. The van der Waals surface area contributed by atoms with Crippen molar-refractivity contribution in [3.8, 4) is 0 Å². The standard InChI is InChI=1S/C16H16ClNO3.ClH/c1-9(16(19)20)7-14-11-8-18(2)6-5-10-12(17)3-4-13(21-14)15(10)11;/h3-4,7H,5-6,8H2,1-2H3,(H,19,20);1H. The number of hydrogen-bond donors (Lipinski definition) is 1. The van der Waals surface area contributed by atoms with Gasteiger partial charge in [-0.2, -0.15) is 0 Å². The largest absolute Gasteiger partial charge is 0.478 e. The molecular formula is C16H17Cl2NO3. The number of carbonyl (C=O) groups is 1. The summed E-state index contributed by atoms with van der Waals surface area (Å²) in [6.07, 6.45) is 2.45. The summed E-state index contributed by atoms with van der Waals surface area (Å²) in [4.78, 5) is 13.2. The number of carboxylic acids is 1. The first-order valence-corrected chi connectivity index (χ1v) is 7.18. The van der Waals surface area contributed by atoms with Gasteiger partial charge in [0.1, 0.15) is 11.3 Å². The van der Waals surface area contributed by atoms with Crippen molar-refractivity contribution in [2.24, 2.45) is 0 Å². The fourth-order valence-corrected chi connectivity index (χ4v) is 3.00.